The van der Waals surface area contributed by atoms with Crippen molar-refractivity contribution in [2.75, 3.05) is 18.5 Å². The van der Waals surface area contributed by atoms with E-state index >= 15 is 0 Å². The van der Waals surface area contributed by atoms with Crippen molar-refractivity contribution in [2.45, 2.75) is 13.5 Å². The molecule has 0 aliphatic rings. The molecule has 126 valence electrons. The Bertz CT molecular complexity index is 681. The highest BCUT2D eigenvalue weighted by molar-refractivity contribution is 5.91. The lowest BCUT2D eigenvalue weighted by molar-refractivity contribution is -0.136. The van der Waals surface area contributed by atoms with Gasteiger partial charge in [-0.25, -0.2) is 0 Å². The Balaban J connectivity index is 1.76. The molecule has 6 heteroatoms. The first-order chi connectivity index (χ1) is 11.5. The van der Waals surface area contributed by atoms with Gasteiger partial charge in [0.05, 0.1) is 6.54 Å². The molecule has 3 N–H and O–H groups in total. The molecule has 0 spiro atoms. The molecule has 0 heterocycles. The smallest absolute Gasteiger partial charge is 0.317 e. The summed E-state index contributed by atoms with van der Waals surface area (Å²) in [5.74, 6) is -0.545. The Morgan fingerprint density at radius 2 is 1.71 bits per heavy atom. The van der Waals surface area contributed by atoms with Crippen LogP contribution < -0.4 is 15.4 Å². The lowest BCUT2D eigenvalue weighted by atomic mass is 10.2. The molecule has 0 fully saturated rings. The van der Waals surface area contributed by atoms with E-state index < -0.39 is 5.97 Å². The summed E-state index contributed by atoms with van der Waals surface area (Å²) in [6.45, 7) is 2.28. The number of aryl methyl sites for hydroxylation is 1. The minimum atomic E-state index is -0.894. The summed E-state index contributed by atoms with van der Waals surface area (Å²) in [6.07, 6.45) is 0. The lowest BCUT2D eigenvalue weighted by Crippen LogP contribution is -2.22. The Hall–Kier alpha value is -2.86. The number of aliphatic carboxylic acids is 1. The van der Waals surface area contributed by atoms with Gasteiger partial charge in [0.2, 0.25) is 0 Å². The fourth-order valence-corrected chi connectivity index (χ4v) is 2.00. The highest BCUT2D eigenvalue weighted by Gasteiger charge is 2.04. The third-order valence-corrected chi connectivity index (χ3v) is 3.23. The first-order valence-corrected chi connectivity index (χ1v) is 7.54. The van der Waals surface area contributed by atoms with Gasteiger partial charge in [-0.2, -0.15) is 0 Å². The van der Waals surface area contributed by atoms with E-state index in [2.05, 4.69) is 10.6 Å². The number of rotatable bonds is 8. The van der Waals surface area contributed by atoms with E-state index in [0.29, 0.717) is 12.3 Å². The Labute approximate surface area is 140 Å². The standard InChI is InChI=1S/C18H20N2O4/c1-13-2-6-15(7-3-13)20-17(21)12-24-16-8-4-14(5-9-16)10-19-11-18(22)23/h2-9,19H,10-12H2,1H3,(H,20,21)(H,22,23). The van der Waals surface area contributed by atoms with E-state index in [1.807, 2.05) is 43.3 Å². The molecule has 0 aliphatic heterocycles. The normalized spacial score (nSPS) is 10.2. The van der Waals surface area contributed by atoms with Crippen LogP contribution >= 0.6 is 0 Å². The average Bonchev–Trinajstić information content (AvgIpc) is 2.56. The largest absolute Gasteiger partial charge is 0.484 e. The van der Waals surface area contributed by atoms with Crippen LogP contribution in [0, 0.1) is 6.92 Å². The third kappa shape index (κ3) is 6.10. The molecule has 0 unspecified atom stereocenters. The summed E-state index contributed by atoms with van der Waals surface area (Å²) < 4.78 is 5.43. The van der Waals surface area contributed by atoms with Gasteiger partial charge < -0.3 is 20.5 Å². The van der Waals surface area contributed by atoms with Gasteiger partial charge in [0.1, 0.15) is 5.75 Å². The van der Waals surface area contributed by atoms with Gasteiger partial charge in [-0.1, -0.05) is 29.8 Å². The molecule has 0 bridgehead atoms. The SMILES string of the molecule is Cc1ccc(NC(=O)COc2ccc(CNCC(=O)O)cc2)cc1. The van der Waals surface area contributed by atoms with Crippen LogP contribution in [-0.4, -0.2) is 30.1 Å². The molecule has 0 aliphatic carbocycles. The van der Waals surface area contributed by atoms with Crippen molar-refractivity contribution < 1.29 is 19.4 Å². The predicted molar refractivity (Wildman–Crippen MR) is 91.1 cm³/mol. The number of hydrogen-bond acceptors (Lipinski definition) is 4. The Kier molecular flexibility index (Phi) is 6.33. The Morgan fingerprint density at radius 1 is 1.04 bits per heavy atom. The average molecular weight is 328 g/mol. The van der Waals surface area contributed by atoms with E-state index in [-0.39, 0.29) is 19.1 Å². The molecular formula is C18H20N2O4. The summed E-state index contributed by atoms with van der Waals surface area (Å²) in [7, 11) is 0. The maximum Gasteiger partial charge on any atom is 0.317 e. The molecule has 1 amide bonds. The van der Waals surface area contributed by atoms with Crippen LogP contribution in [0.5, 0.6) is 5.75 Å². The molecule has 6 nitrogen and oxygen atoms in total. The number of carboxylic acid groups (broad SMARTS) is 1. The van der Waals surface area contributed by atoms with Crippen LogP contribution in [0.1, 0.15) is 11.1 Å². The van der Waals surface area contributed by atoms with Crippen LogP contribution in [0.4, 0.5) is 5.69 Å². The summed E-state index contributed by atoms with van der Waals surface area (Å²) >= 11 is 0. The van der Waals surface area contributed by atoms with E-state index in [9.17, 15) is 9.59 Å². The van der Waals surface area contributed by atoms with Crippen molar-refractivity contribution in [2.24, 2.45) is 0 Å². The number of carbonyl (C=O) groups is 2. The number of ether oxygens (including phenoxy) is 1. The summed E-state index contributed by atoms with van der Waals surface area (Å²) in [5.41, 5.74) is 2.80. The summed E-state index contributed by atoms with van der Waals surface area (Å²) in [6, 6.07) is 14.7. The van der Waals surface area contributed by atoms with E-state index in [1.165, 1.54) is 0 Å². The van der Waals surface area contributed by atoms with Gasteiger partial charge in [-0.15, -0.1) is 0 Å². The highest BCUT2D eigenvalue weighted by atomic mass is 16.5. The van der Waals surface area contributed by atoms with E-state index in [1.54, 1.807) is 12.1 Å². The van der Waals surface area contributed by atoms with Crippen LogP contribution in [-0.2, 0) is 16.1 Å². The quantitative estimate of drug-likeness (QED) is 0.691. The molecular weight excluding hydrogens is 308 g/mol. The summed E-state index contributed by atoms with van der Waals surface area (Å²) in [4.78, 5) is 22.3. The number of amides is 1. The van der Waals surface area contributed by atoms with Gasteiger partial charge >= 0.3 is 5.97 Å². The first-order valence-electron chi connectivity index (χ1n) is 7.54. The molecule has 24 heavy (non-hydrogen) atoms. The zero-order valence-electron chi connectivity index (χ0n) is 13.4. The molecule has 0 saturated heterocycles. The van der Waals surface area contributed by atoms with Gasteiger partial charge in [-0.3, -0.25) is 9.59 Å². The maximum atomic E-state index is 11.8. The van der Waals surface area contributed by atoms with Gasteiger partial charge in [0.15, 0.2) is 6.61 Å². The molecule has 2 aromatic rings. The van der Waals surface area contributed by atoms with Gasteiger partial charge in [0, 0.05) is 12.2 Å². The van der Waals surface area contributed by atoms with Crippen LogP contribution in [0.3, 0.4) is 0 Å². The lowest BCUT2D eigenvalue weighted by Gasteiger charge is -2.09. The predicted octanol–water partition coefficient (Wildman–Crippen LogP) is 2.19. The van der Waals surface area contributed by atoms with Crippen molar-refractivity contribution in [3.63, 3.8) is 0 Å². The second-order valence-electron chi connectivity index (χ2n) is 5.34. The van der Waals surface area contributed by atoms with Crippen molar-refractivity contribution >= 4 is 17.6 Å². The zero-order valence-corrected chi connectivity index (χ0v) is 13.4. The zero-order chi connectivity index (χ0) is 17.4. The van der Waals surface area contributed by atoms with Crippen LogP contribution in [0.25, 0.3) is 0 Å². The van der Waals surface area contributed by atoms with Crippen LogP contribution in [0.2, 0.25) is 0 Å². The third-order valence-electron chi connectivity index (χ3n) is 3.23. The number of nitrogens with one attached hydrogen (secondary N) is 2. The fraction of sp³-hybridized carbons (Fsp3) is 0.222. The molecule has 0 aromatic heterocycles. The second kappa shape index (κ2) is 8.69. The van der Waals surface area contributed by atoms with Crippen molar-refractivity contribution in [1.29, 1.82) is 0 Å². The molecule has 2 rings (SSSR count). The second-order valence-corrected chi connectivity index (χ2v) is 5.34. The topological polar surface area (TPSA) is 87.7 Å². The Morgan fingerprint density at radius 3 is 2.33 bits per heavy atom. The maximum absolute atomic E-state index is 11.8. The van der Waals surface area contributed by atoms with Crippen molar-refractivity contribution in [3.8, 4) is 5.75 Å². The fourth-order valence-electron chi connectivity index (χ4n) is 2.00. The van der Waals surface area contributed by atoms with E-state index in [4.69, 9.17) is 9.84 Å². The van der Waals surface area contributed by atoms with Crippen LogP contribution in [0.15, 0.2) is 48.5 Å². The monoisotopic (exact) mass is 328 g/mol. The number of carbonyl (C=O) groups excluding carboxylic acids is 1. The molecule has 0 atom stereocenters. The number of hydrogen-bond donors (Lipinski definition) is 3. The first kappa shape index (κ1) is 17.5. The minimum Gasteiger partial charge on any atom is -0.484 e. The van der Waals surface area contributed by atoms with Crippen molar-refractivity contribution in [3.05, 3.63) is 59.7 Å². The minimum absolute atomic E-state index is 0.0789. The van der Waals surface area contributed by atoms with E-state index in [0.717, 1.165) is 16.8 Å². The van der Waals surface area contributed by atoms with Gasteiger partial charge in [-0.05, 0) is 36.8 Å². The van der Waals surface area contributed by atoms with Gasteiger partial charge in [0.25, 0.3) is 5.91 Å². The number of carboxylic acids is 1. The molecule has 0 radical (unpaired) electrons. The number of benzene rings is 2. The summed E-state index contributed by atoms with van der Waals surface area (Å²) in [5, 5.41) is 14.1. The highest BCUT2D eigenvalue weighted by Crippen LogP contribution is 2.13. The van der Waals surface area contributed by atoms with Crippen molar-refractivity contribution in [1.82, 2.24) is 5.32 Å². The number of anilines is 1. The molecule has 0 saturated carbocycles. The molecule has 2 aromatic carbocycles.